The minimum atomic E-state index is -1.07. The van der Waals surface area contributed by atoms with Gasteiger partial charge in [0, 0.05) is 29.1 Å². The largest absolute Gasteiger partial charge is 0.493 e. The highest BCUT2D eigenvalue weighted by Crippen LogP contribution is 2.35. The van der Waals surface area contributed by atoms with Gasteiger partial charge in [-0.1, -0.05) is 11.6 Å². The smallest absolute Gasteiger partial charge is 0.328 e. The van der Waals surface area contributed by atoms with Crippen molar-refractivity contribution in [3.05, 3.63) is 28.8 Å². The Morgan fingerprint density at radius 1 is 1.55 bits per heavy atom. The summed E-state index contributed by atoms with van der Waals surface area (Å²) in [6.07, 6.45) is 3.34. The number of methoxy groups -OCH3 is 1. The number of unbranched alkanes of at least 4 members (excludes halogenated alkanes) is 1. The Hall–Kier alpha value is -2.19. The Morgan fingerprint density at radius 2 is 2.30 bits per heavy atom. The second-order valence-corrected chi connectivity index (χ2v) is 4.24. The Labute approximate surface area is 122 Å². The molecular formula is C14H14ClNO4. The number of ether oxygens (including phenoxy) is 2. The second-order valence-electron chi connectivity index (χ2n) is 3.81. The fourth-order valence-electron chi connectivity index (χ4n) is 1.51. The summed E-state index contributed by atoms with van der Waals surface area (Å²) < 4.78 is 10.7. The number of hydrogen-bond acceptors (Lipinski definition) is 4. The van der Waals surface area contributed by atoms with Crippen molar-refractivity contribution in [1.29, 1.82) is 5.26 Å². The average molecular weight is 296 g/mol. The van der Waals surface area contributed by atoms with Crippen LogP contribution in [-0.4, -0.2) is 24.8 Å². The van der Waals surface area contributed by atoms with Gasteiger partial charge in [0.25, 0.3) is 0 Å². The minimum absolute atomic E-state index is 0.333. The quantitative estimate of drug-likeness (QED) is 0.617. The van der Waals surface area contributed by atoms with Crippen molar-refractivity contribution >= 4 is 23.6 Å². The first-order valence-corrected chi connectivity index (χ1v) is 6.24. The molecule has 106 valence electrons. The van der Waals surface area contributed by atoms with Gasteiger partial charge >= 0.3 is 5.97 Å². The van der Waals surface area contributed by atoms with Gasteiger partial charge in [-0.2, -0.15) is 5.26 Å². The van der Waals surface area contributed by atoms with Crippen LogP contribution in [0.25, 0.3) is 6.08 Å². The number of nitriles is 1. The summed E-state index contributed by atoms with van der Waals surface area (Å²) in [6, 6.07) is 5.19. The molecule has 5 nitrogen and oxygen atoms in total. The Morgan fingerprint density at radius 3 is 2.90 bits per heavy atom. The molecule has 0 aliphatic heterocycles. The maximum absolute atomic E-state index is 10.6. The zero-order chi connectivity index (χ0) is 15.0. The van der Waals surface area contributed by atoms with Crippen molar-refractivity contribution in [3.8, 4) is 17.6 Å². The molecule has 0 saturated carbocycles. The molecule has 0 bridgehead atoms. The molecule has 6 heteroatoms. The Bertz CT molecular complexity index is 549. The summed E-state index contributed by atoms with van der Waals surface area (Å²) in [5, 5.41) is 17.6. The van der Waals surface area contributed by atoms with Gasteiger partial charge in [0.1, 0.15) is 0 Å². The summed E-state index contributed by atoms with van der Waals surface area (Å²) in [4.78, 5) is 10.6. The monoisotopic (exact) mass is 295 g/mol. The standard InChI is InChI=1S/C14H14ClNO4/c1-19-12-9-11(15)8-10(4-5-13(17)18)14(12)20-7-3-2-6-16/h4-5,8-9H,2-3,7H2,1H3,(H,17,18)/b5-4+. The maximum atomic E-state index is 10.6. The van der Waals surface area contributed by atoms with Gasteiger partial charge in [-0.05, 0) is 18.6 Å². The van der Waals surface area contributed by atoms with Gasteiger partial charge in [-0.25, -0.2) is 4.79 Å². The Balaban J connectivity index is 3.03. The molecule has 0 unspecified atom stereocenters. The lowest BCUT2D eigenvalue weighted by atomic mass is 10.1. The summed E-state index contributed by atoms with van der Waals surface area (Å²) in [7, 11) is 1.47. The lowest BCUT2D eigenvalue weighted by molar-refractivity contribution is -0.131. The van der Waals surface area contributed by atoms with Gasteiger partial charge < -0.3 is 14.6 Å². The molecule has 0 radical (unpaired) electrons. The molecule has 1 aromatic carbocycles. The highest BCUT2D eigenvalue weighted by Gasteiger charge is 2.11. The number of hydrogen-bond donors (Lipinski definition) is 1. The highest BCUT2D eigenvalue weighted by molar-refractivity contribution is 6.31. The molecule has 0 fully saturated rings. The first-order valence-electron chi connectivity index (χ1n) is 5.86. The number of aliphatic carboxylic acids is 1. The molecule has 1 aromatic rings. The van der Waals surface area contributed by atoms with Crippen LogP contribution in [0, 0.1) is 11.3 Å². The van der Waals surface area contributed by atoms with E-state index >= 15 is 0 Å². The van der Waals surface area contributed by atoms with Crippen molar-refractivity contribution in [2.45, 2.75) is 12.8 Å². The van der Waals surface area contributed by atoms with Crippen LogP contribution in [0.3, 0.4) is 0 Å². The van der Waals surface area contributed by atoms with E-state index in [0.717, 1.165) is 6.08 Å². The first-order chi connectivity index (χ1) is 9.58. The lowest BCUT2D eigenvalue weighted by Crippen LogP contribution is -2.01. The zero-order valence-corrected chi connectivity index (χ0v) is 11.7. The molecule has 0 aliphatic rings. The zero-order valence-electron chi connectivity index (χ0n) is 10.9. The SMILES string of the molecule is COc1cc(Cl)cc(/C=C/C(=O)O)c1OCCCC#N. The van der Waals surface area contributed by atoms with E-state index in [1.807, 2.05) is 6.07 Å². The van der Waals surface area contributed by atoms with E-state index in [1.165, 1.54) is 13.2 Å². The van der Waals surface area contributed by atoms with Crippen LogP contribution in [0.4, 0.5) is 0 Å². The van der Waals surface area contributed by atoms with E-state index in [1.54, 1.807) is 12.1 Å². The van der Waals surface area contributed by atoms with Crippen LogP contribution in [0.5, 0.6) is 11.5 Å². The normalized spacial score (nSPS) is 10.2. The van der Waals surface area contributed by atoms with Crippen LogP contribution in [0.2, 0.25) is 5.02 Å². The molecule has 1 rings (SSSR count). The molecule has 0 heterocycles. The second kappa shape index (κ2) is 8.08. The van der Waals surface area contributed by atoms with E-state index in [2.05, 4.69) is 0 Å². The third-order valence-corrected chi connectivity index (χ3v) is 2.57. The van der Waals surface area contributed by atoms with Crippen molar-refractivity contribution in [2.75, 3.05) is 13.7 Å². The van der Waals surface area contributed by atoms with Crippen LogP contribution in [0.15, 0.2) is 18.2 Å². The number of benzene rings is 1. The number of carbonyl (C=O) groups is 1. The fourth-order valence-corrected chi connectivity index (χ4v) is 1.72. The predicted molar refractivity (Wildman–Crippen MR) is 75.0 cm³/mol. The third kappa shape index (κ3) is 4.82. The Kier molecular flexibility index (Phi) is 6.41. The number of carboxylic acids is 1. The molecule has 0 aromatic heterocycles. The molecule has 0 atom stereocenters. The number of rotatable bonds is 7. The number of halogens is 1. The molecule has 20 heavy (non-hydrogen) atoms. The average Bonchev–Trinajstić information content (AvgIpc) is 2.42. The van der Waals surface area contributed by atoms with E-state index in [-0.39, 0.29) is 0 Å². The maximum Gasteiger partial charge on any atom is 0.328 e. The first kappa shape index (κ1) is 15.9. The summed E-state index contributed by atoms with van der Waals surface area (Å²) in [5.41, 5.74) is 0.508. The summed E-state index contributed by atoms with van der Waals surface area (Å²) in [5.74, 6) is -0.244. The number of nitrogens with zero attached hydrogens (tertiary/aromatic N) is 1. The van der Waals surface area contributed by atoms with Crippen LogP contribution >= 0.6 is 11.6 Å². The highest BCUT2D eigenvalue weighted by atomic mass is 35.5. The third-order valence-electron chi connectivity index (χ3n) is 2.35. The summed E-state index contributed by atoms with van der Waals surface area (Å²) >= 11 is 5.94. The molecule has 0 saturated heterocycles. The van der Waals surface area contributed by atoms with Crippen LogP contribution < -0.4 is 9.47 Å². The molecular weight excluding hydrogens is 282 g/mol. The minimum Gasteiger partial charge on any atom is -0.493 e. The summed E-state index contributed by atoms with van der Waals surface area (Å²) in [6.45, 7) is 0.333. The van der Waals surface area contributed by atoms with Crippen molar-refractivity contribution < 1.29 is 19.4 Å². The molecule has 0 aliphatic carbocycles. The van der Waals surface area contributed by atoms with Crippen LogP contribution in [0.1, 0.15) is 18.4 Å². The van der Waals surface area contributed by atoms with Crippen molar-refractivity contribution in [3.63, 3.8) is 0 Å². The topological polar surface area (TPSA) is 79.6 Å². The molecule has 0 amide bonds. The van der Waals surface area contributed by atoms with Gasteiger partial charge in [0.15, 0.2) is 11.5 Å². The van der Waals surface area contributed by atoms with E-state index < -0.39 is 5.97 Å². The lowest BCUT2D eigenvalue weighted by Gasteiger charge is -2.13. The number of carboxylic acid groups (broad SMARTS) is 1. The van der Waals surface area contributed by atoms with E-state index in [9.17, 15) is 4.79 Å². The van der Waals surface area contributed by atoms with E-state index in [0.29, 0.717) is 41.5 Å². The predicted octanol–water partition coefficient (Wildman–Crippen LogP) is 3.13. The van der Waals surface area contributed by atoms with Gasteiger partial charge in [-0.15, -0.1) is 0 Å². The van der Waals surface area contributed by atoms with Gasteiger partial charge in [0.05, 0.1) is 19.8 Å². The van der Waals surface area contributed by atoms with Gasteiger partial charge in [0.2, 0.25) is 0 Å². The van der Waals surface area contributed by atoms with Crippen LogP contribution in [-0.2, 0) is 4.79 Å². The van der Waals surface area contributed by atoms with E-state index in [4.69, 9.17) is 31.4 Å². The van der Waals surface area contributed by atoms with Crippen molar-refractivity contribution in [2.24, 2.45) is 0 Å². The van der Waals surface area contributed by atoms with Crippen molar-refractivity contribution in [1.82, 2.24) is 0 Å². The molecule has 1 N–H and O–H groups in total. The van der Waals surface area contributed by atoms with Gasteiger partial charge in [-0.3, -0.25) is 0 Å². The molecule has 0 spiro atoms. The fraction of sp³-hybridized carbons (Fsp3) is 0.286.